The molecule has 6 rings (SSSR count). The summed E-state index contributed by atoms with van der Waals surface area (Å²) in [5.74, 6) is 0.704. The molecule has 0 bridgehead atoms. The van der Waals surface area contributed by atoms with Gasteiger partial charge in [0.2, 0.25) is 0 Å². The number of benzene rings is 3. The lowest BCUT2D eigenvalue weighted by Crippen LogP contribution is -2.23. The molecule has 0 saturated heterocycles. The molecule has 5 aromatic rings. The van der Waals surface area contributed by atoms with Crippen molar-refractivity contribution in [3.63, 3.8) is 0 Å². The lowest BCUT2D eigenvalue weighted by molar-refractivity contribution is 0.0946. The first-order valence-corrected chi connectivity index (χ1v) is 11.5. The van der Waals surface area contributed by atoms with E-state index in [0.717, 1.165) is 44.2 Å². The van der Waals surface area contributed by atoms with Crippen LogP contribution in [0.25, 0.3) is 32.8 Å². The molecule has 1 amide bonds. The monoisotopic (exact) mass is 445 g/mol. The third kappa shape index (κ3) is 4.18. The number of hydrogen-bond acceptors (Lipinski definition) is 5. The maximum atomic E-state index is 12.7. The third-order valence-corrected chi connectivity index (χ3v) is 6.13. The topological polar surface area (TPSA) is 79.8 Å². The summed E-state index contributed by atoms with van der Waals surface area (Å²) in [7, 11) is 0. The molecule has 0 aliphatic heterocycles. The molecule has 1 fully saturated rings. The predicted molar refractivity (Wildman–Crippen MR) is 135 cm³/mol. The number of nitrogens with zero attached hydrogens (tertiary/aromatic N) is 3. The number of amides is 1. The van der Waals surface area contributed by atoms with E-state index in [9.17, 15) is 4.79 Å². The van der Waals surface area contributed by atoms with Crippen molar-refractivity contribution in [1.82, 2.24) is 20.3 Å². The van der Waals surface area contributed by atoms with Gasteiger partial charge in [-0.25, -0.2) is 9.97 Å². The maximum Gasteiger partial charge on any atom is 0.270 e. The van der Waals surface area contributed by atoms with Crippen molar-refractivity contribution in [3.05, 3.63) is 96.6 Å². The van der Waals surface area contributed by atoms with Crippen molar-refractivity contribution in [2.45, 2.75) is 25.4 Å². The summed E-state index contributed by atoms with van der Waals surface area (Å²) >= 11 is 0. The number of fused-ring (bicyclic) bond motifs is 2. The van der Waals surface area contributed by atoms with Crippen molar-refractivity contribution >= 4 is 33.4 Å². The van der Waals surface area contributed by atoms with Gasteiger partial charge in [0.1, 0.15) is 17.8 Å². The van der Waals surface area contributed by atoms with Gasteiger partial charge in [-0.15, -0.1) is 0 Å². The van der Waals surface area contributed by atoms with Crippen molar-refractivity contribution in [2.75, 3.05) is 5.32 Å². The zero-order valence-corrected chi connectivity index (χ0v) is 18.5. The van der Waals surface area contributed by atoms with Crippen LogP contribution in [0.3, 0.4) is 0 Å². The van der Waals surface area contributed by atoms with E-state index in [1.165, 1.54) is 12.8 Å². The lowest BCUT2D eigenvalue weighted by Gasteiger charge is -2.10. The number of rotatable bonds is 6. The van der Waals surface area contributed by atoms with Gasteiger partial charge in [-0.05, 0) is 59.2 Å². The smallest absolute Gasteiger partial charge is 0.270 e. The van der Waals surface area contributed by atoms with Gasteiger partial charge in [0.15, 0.2) is 0 Å². The average molecular weight is 446 g/mol. The molecule has 2 aromatic heterocycles. The fourth-order valence-electron chi connectivity index (χ4n) is 4.11. The van der Waals surface area contributed by atoms with Gasteiger partial charge in [0, 0.05) is 29.6 Å². The summed E-state index contributed by atoms with van der Waals surface area (Å²) < 4.78 is 0. The van der Waals surface area contributed by atoms with E-state index in [2.05, 4.69) is 49.9 Å². The van der Waals surface area contributed by atoms with Crippen molar-refractivity contribution in [3.8, 4) is 11.1 Å². The van der Waals surface area contributed by atoms with Crippen LogP contribution in [0.1, 0.15) is 28.9 Å². The quantitative estimate of drug-likeness (QED) is 0.368. The first kappa shape index (κ1) is 20.3. The molecule has 0 spiro atoms. The number of hydrogen-bond donors (Lipinski definition) is 2. The van der Waals surface area contributed by atoms with E-state index in [0.29, 0.717) is 18.3 Å². The number of carbonyl (C=O) groups is 1. The van der Waals surface area contributed by atoms with Gasteiger partial charge in [0.25, 0.3) is 5.91 Å². The van der Waals surface area contributed by atoms with E-state index in [1.807, 2.05) is 48.5 Å². The highest BCUT2D eigenvalue weighted by atomic mass is 16.1. The molecule has 0 radical (unpaired) electrons. The summed E-state index contributed by atoms with van der Waals surface area (Å²) in [5.41, 5.74) is 4.53. The number of aromatic nitrogens is 3. The van der Waals surface area contributed by atoms with Crippen LogP contribution in [0.4, 0.5) is 5.82 Å². The van der Waals surface area contributed by atoms with Crippen LogP contribution in [-0.4, -0.2) is 26.9 Å². The van der Waals surface area contributed by atoms with Crippen molar-refractivity contribution < 1.29 is 4.79 Å². The Bertz CT molecular complexity index is 1530. The van der Waals surface area contributed by atoms with Crippen LogP contribution in [0.2, 0.25) is 0 Å². The number of carbonyl (C=O) groups excluding carboxylic acids is 1. The molecule has 34 heavy (non-hydrogen) atoms. The first-order valence-electron chi connectivity index (χ1n) is 11.5. The Morgan fingerprint density at radius 1 is 0.853 bits per heavy atom. The van der Waals surface area contributed by atoms with E-state index in [4.69, 9.17) is 0 Å². The van der Waals surface area contributed by atoms with Gasteiger partial charge in [-0.2, -0.15) is 0 Å². The van der Waals surface area contributed by atoms with Gasteiger partial charge in [-0.1, -0.05) is 48.5 Å². The Morgan fingerprint density at radius 3 is 2.59 bits per heavy atom. The normalized spacial score (nSPS) is 13.2. The molecule has 2 heterocycles. The summed E-state index contributed by atoms with van der Waals surface area (Å²) in [6.07, 6.45) is 5.72. The Morgan fingerprint density at radius 2 is 1.71 bits per heavy atom. The molecule has 0 unspecified atom stereocenters. The number of nitrogens with one attached hydrogen (secondary N) is 2. The minimum atomic E-state index is -0.185. The average Bonchev–Trinajstić information content (AvgIpc) is 3.71. The second-order valence-electron chi connectivity index (χ2n) is 8.67. The Labute approximate surface area is 197 Å². The minimum absolute atomic E-state index is 0.185. The largest absolute Gasteiger partial charge is 0.367 e. The molecule has 6 heteroatoms. The zero-order chi connectivity index (χ0) is 22.9. The Balaban J connectivity index is 1.22. The standard InChI is InChI=1S/C28H23N5O/c34-28(26-14-20-5-1-2-6-22(20)16-29-26)30-15-18-4-3-7-19(12-18)21-8-11-25-24(13-21)27(32-17-31-25)33-23-9-10-23/h1-8,11-14,16-17,23H,9-10,15H2,(H,30,34)(H,31,32,33). The van der Waals surface area contributed by atoms with Crippen molar-refractivity contribution in [2.24, 2.45) is 0 Å². The summed E-state index contributed by atoms with van der Waals surface area (Å²) in [5, 5.41) is 9.54. The first-order chi connectivity index (χ1) is 16.7. The van der Waals surface area contributed by atoms with E-state index in [-0.39, 0.29) is 5.91 Å². The molecule has 1 saturated carbocycles. The van der Waals surface area contributed by atoms with Gasteiger partial charge in [0.05, 0.1) is 5.52 Å². The highest BCUT2D eigenvalue weighted by Gasteiger charge is 2.22. The molecular formula is C28H23N5O. The SMILES string of the molecule is O=C(NCc1cccc(-c2ccc3ncnc(NC4CC4)c3c2)c1)c1cc2ccccc2cn1. The number of pyridine rings is 1. The van der Waals surface area contributed by atoms with Gasteiger partial charge >= 0.3 is 0 Å². The highest BCUT2D eigenvalue weighted by molar-refractivity contribution is 5.96. The second-order valence-corrected chi connectivity index (χ2v) is 8.67. The van der Waals surface area contributed by atoms with E-state index < -0.39 is 0 Å². The third-order valence-electron chi connectivity index (χ3n) is 6.13. The zero-order valence-electron chi connectivity index (χ0n) is 18.5. The molecule has 1 aliphatic carbocycles. The van der Waals surface area contributed by atoms with Gasteiger partial charge in [-0.3, -0.25) is 9.78 Å². The Hall–Kier alpha value is -4.32. The summed E-state index contributed by atoms with van der Waals surface area (Å²) in [6, 6.07) is 24.7. The summed E-state index contributed by atoms with van der Waals surface area (Å²) in [4.78, 5) is 25.9. The van der Waals surface area contributed by atoms with Crippen LogP contribution in [0.15, 0.2) is 85.3 Å². The van der Waals surface area contributed by atoms with Crippen molar-refractivity contribution in [1.29, 1.82) is 0 Å². The Kier molecular flexibility index (Phi) is 5.11. The molecule has 3 aromatic carbocycles. The molecule has 6 nitrogen and oxygen atoms in total. The van der Waals surface area contributed by atoms with Crippen LogP contribution >= 0.6 is 0 Å². The second kappa shape index (κ2) is 8.56. The highest BCUT2D eigenvalue weighted by Crippen LogP contribution is 2.30. The van der Waals surface area contributed by atoms with Crippen LogP contribution in [0, 0.1) is 0 Å². The summed E-state index contributed by atoms with van der Waals surface area (Å²) in [6.45, 7) is 0.423. The number of anilines is 1. The minimum Gasteiger partial charge on any atom is -0.367 e. The van der Waals surface area contributed by atoms with Gasteiger partial charge < -0.3 is 10.6 Å². The lowest BCUT2D eigenvalue weighted by atomic mass is 10.0. The molecule has 166 valence electrons. The molecule has 0 atom stereocenters. The molecule has 1 aliphatic rings. The fraction of sp³-hybridized carbons (Fsp3) is 0.143. The fourth-order valence-corrected chi connectivity index (χ4v) is 4.11. The van der Waals surface area contributed by atoms with Crippen LogP contribution in [-0.2, 0) is 6.54 Å². The van der Waals surface area contributed by atoms with E-state index in [1.54, 1.807) is 12.5 Å². The van der Waals surface area contributed by atoms with Crippen LogP contribution < -0.4 is 10.6 Å². The van der Waals surface area contributed by atoms with Crippen LogP contribution in [0.5, 0.6) is 0 Å². The molecular weight excluding hydrogens is 422 g/mol. The predicted octanol–water partition coefficient (Wildman–Crippen LogP) is 5.35. The molecule has 2 N–H and O–H groups in total. The van der Waals surface area contributed by atoms with E-state index >= 15 is 0 Å². The maximum absolute atomic E-state index is 12.7.